The third-order valence-electron chi connectivity index (χ3n) is 8.37. The number of rotatable bonds is 4. The molecule has 0 spiro atoms. The molecule has 196 valence electrons. The average molecular weight is 503 g/mol. The first-order valence-electron chi connectivity index (χ1n) is 13.5. The predicted octanol–water partition coefficient (Wildman–Crippen LogP) is 7.03. The molecular formula is C29H46N2O3S. The lowest BCUT2D eigenvalue weighted by molar-refractivity contribution is -0.128. The molecule has 4 atom stereocenters. The number of thiazole rings is 1. The topological polar surface area (TPSA) is 71.6 Å². The van der Waals surface area contributed by atoms with Crippen molar-refractivity contribution in [2.45, 2.75) is 130 Å². The van der Waals surface area contributed by atoms with Crippen molar-refractivity contribution in [1.82, 2.24) is 10.3 Å². The summed E-state index contributed by atoms with van der Waals surface area (Å²) in [5, 5.41) is 6.42. The van der Waals surface area contributed by atoms with E-state index in [0.29, 0.717) is 25.2 Å². The van der Waals surface area contributed by atoms with Crippen LogP contribution in [0, 0.1) is 18.3 Å². The van der Waals surface area contributed by atoms with Crippen molar-refractivity contribution in [2.75, 3.05) is 0 Å². The number of aryl methyl sites for hydroxylation is 1. The third-order valence-corrected chi connectivity index (χ3v) is 9.17. The van der Waals surface area contributed by atoms with E-state index in [9.17, 15) is 9.59 Å². The van der Waals surface area contributed by atoms with Gasteiger partial charge in [-0.25, -0.2) is 4.98 Å². The molecule has 6 heteroatoms. The molecule has 1 N–H and O–H groups in total. The van der Waals surface area contributed by atoms with Crippen molar-refractivity contribution in [1.29, 1.82) is 0 Å². The molecule has 0 bridgehead atoms. The van der Waals surface area contributed by atoms with Crippen LogP contribution in [0.4, 0.5) is 0 Å². The van der Waals surface area contributed by atoms with Crippen LogP contribution in [0.3, 0.4) is 0 Å². The number of hydrogen-bond donors (Lipinski definition) is 1. The second-order valence-corrected chi connectivity index (χ2v) is 13.0. The lowest BCUT2D eigenvalue weighted by Gasteiger charge is -2.28. The standard InChI is InChI=1S/C29H46N2O3S/c1-8-14-29-18-24(21(3)17-23-19-35-22(4)30-23)31-26(33)13-16-27(5,6)25(32)12-11-20(2)10-9-15-28(29,7)34-29/h17,19-20,24H,8-16,18H2,1-7H3,(H,31,33). The van der Waals surface area contributed by atoms with Crippen LogP contribution in [0.2, 0.25) is 0 Å². The molecule has 2 aliphatic rings. The summed E-state index contributed by atoms with van der Waals surface area (Å²) >= 11 is 1.64. The number of epoxide rings is 1. The Morgan fingerprint density at radius 2 is 1.97 bits per heavy atom. The van der Waals surface area contributed by atoms with Crippen molar-refractivity contribution < 1.29 is 14.3 Å². The first-order valence-corrected chi connectivity index (χ1v) is 14.4. The maximum Gasteiger partial charge on any atom is 0.220 e. The van der Waals surface area contributed by atoms with E-state index >= 15 is 0 Å². The SMILES string of the molecule is CCCC12CC(C(C)=Cc3csc(C)n3)NC(=O)CCC(C)(C)C(=O)CCC(C)CCCC1(C)O2. The molecule has 3 rings (SSSR count). The molecule has 0 radical (unpaired) electrons. The Morgan fingerprint density at radius 3 is 2.63 bits per heavy atom. The lowest BCUT2D eigenvalue weighted by atomic mass is 9.78. The van der Waals surface area contributed by atoms with Crippen molar-refractivity contribution in [3.63, 3.8) is 0 Å². The zero-order chi connectivity index (χ0) is 25.9. The predicted molar refractivity (Wildman–Crippen MR) is 144 cm³/mol. The van der Waals surface area contributed by atoms with E-state index in [4.69, 9.17) is 4.74 Å². The number of fused-ring (bicyclic) bond motifs is 1. The highest BCUT2D eigenvalue weighted by atomic mass is 32.1. The molecule has 1 aromatic rings. The van der Waals surface area contributed by atoms with Gasteiger partial charge in [0.15, 0.2) is 0 Å². The van der Waals surface area contributed by atoms with Gasteiger partial charge in [-0.15, -0.1) is 11.3 Å². The molecule has 2 fully saturated rings. The number of Topliss-reactive ketones (excluding diaryl/α,β-unsaturated/α-hetero) is 1. The Kier molecular flexibility index (Phi) is 9.01. The van der Waals surface area contributed by atoms with Crippen LogP contribution in [0.5, 0.6) is 0 Å². The van der Waals surface area contributed by atoms with Crippen LogP contribution in [0.1, 0.15) is 116 Å². The number of nitrogens with zero attached hydrogens (tertiary/aromatic N) is 1. The molecule has 3 heterocycles. The lowest BCUT2D eigenvalue weighted by Crippen LogP contribution is -2.41. The quantitative estimate of drug-likeness (QED) is 0.449. The van der Waals surface area contributed by atoms with Crippen LogP contribution in [0.15, 0.2) is 11.0 Å². The second kappa shape index (κ2) is 11.2. The van der Waals surface area contributed by atoms with Gasteiger partial charge in [0.1, 0.15) is 5.78 Å². The number of carbonyl (C=O) groups excluding carboxylic acids is 2. The molecule has 0 aromatic carbocycles. The fourth-order valence-electron chi connectivity index (χ4n) is 5.68. The summed E-state index contributed by atoms with van der Waals surface area (Å²) in [5.74, 6) is 0.802. The number of hydrogen-bond acceptors (Lipinski definition) is 5. The summed E-state index contributed by atoms with van der Waals surface area (Å²) in [6.07, 6.45) is 10.6. The van der Waals surface area contributed by atoms with E-state index in [1.54, 1.807) is 11.3 Å². The van der Waals surface area contributed by atoms with Gasteiger partial charge >= 0.3 is 0 Å². The summed E-state index contributed by atoms with van der Waals surface area (Å²) in [6.45, 7) is 14.8. The minimum atomic E-state index is -0.478. The van der Waals surface area contributed by atoms with Gasteiger partial charge < -0.3 is 10.1 Å². The van der Waals surface area contributed by atoms with E-state index in [0.717, 1.165) is 61.2 Å². The van der Waals surface area contributed by atoms with Crippen LogP contribution in [-0.4, -0.2) is 33.9 Å². The number of ether oxygens (including phenoxy) is 1. The fourth-order valence-corrected chi connectivity index (χ4v) is 6.25. The number of aromatic nitrogens is 1. The van der Waals surface area contributed by atoms with Crippen molar-refractivity contribution in [2.24, 2.45) is 11.3 Å². The summed E-state index contributed by atoms with van der Waals surface area (Å²) in [5.41, 5.74) is 1.20. The molecule has 0 aliphatic carbocycles. The van der Waals surface area contributed by atoms with Gasteiger partial charge in [0.05, 0.1) is 27.9 Å². The molecule has 2 saturated heterocycles. The van der Waals surface area contributed by atoms with Gasteiger partial charge in [0.25, 0.3) is 0 Å². The summed E-state index contributed by atoms with van der Waals surface area (Å²) < 4.78 is 6.57. The van der Waals surface area contributed by atoms with E-state index in [1.165, 1.54) is 0 Å². The minimum Gasteiger partial charge on any atom is -0.363 e. The maximum absolute atomic E-state index is 13.2. The number of ketones is 1. The van der Waals surface area contributed by atoms with Gasteiger partial charge in [0.2, 0.25) is 5.91 Å². The van der Waals surface area contributed by atoms with Gasteiger partial charge in [-0.05, 0) is 64.0 Å². The molecule has 0 saturated carbocycles. The van der Waals surface area contributed by atoms with Crippen LogP contribution < -0.4 is 5.32 Å². The van der Waals surface area contributed by atoms with Crippen molar-refractivity contribution >= 4 is 29.1 Å². The van der Waals surface area contributed by atoms with E-state index in [2.05, 4.69) is 49.5 Å². The average Bonchev–Trinajstić information content (AvgIpc) is 3.11. The van der Waals surface area contributed by atoms with Crippen LogP contribution in [0.25, 0.3) is 6.08 Å². The molecule has 1 amide bonds. The smallest absolute Gasteiger partial charge is 0.220 e. The fraction of sp³-hybridized carbons (Fsp3) is 0.759. The Balaban J connectivity index is 1.87. The highest BCUT2D eigenvalue weighted by Crippen LogP contribution is 2.57. The van der Waals surface area contributed by atoms with Crippen molar-refractivity contribution in [3.05, 3.63) is 21.7 Å². The summed E-state index contributed by atoms with van der Waals surface area (Å²) in [7, 11) is 0. The summed E-state index contributed by atoms with van der Waals surface area (Å²) in [4.78, 5) is 30.7. The molecule has 5 nitrogen and oxygen atoms in total. The molecule has 2 aliphatic heterocycles. The molecular weight excluding hydrogens is 456 g/mol. The van der Waals surface area contributed by atoms with E-state index < -0.39 is 5.41 Å². The van der Waals surface area contributed by atoms with Crippen LogP contribution >= 0.6 is 11.3 Å². The highest BCUT2D eigenvalue weighted by molar-refractivity contribution is 7.09. The number of nitrogens with one attached hydrogen (secondary N) is 1. The normalized spacial score (nSPS) is 33.2. The first-order chi connectivity index (χ1) is 16.4. The Labute approximate surface area is 216 Å². The maximum atomic E-state index is 13.2. The molecule has 1 aromatic heterocycles. The zero-order valence-corrected chi connectivity index (χ0v) is 23.8. The largest absolute Gasteiger partial charge is 0.363 e. The Hall–Kier alpha value is -1.53. The summed E-state index contributed by atoms with van der Waals surface area (Å²) in [6, 6.07) is -0.122. The van der Waals surface area contributed by atoms with Gasteiger partial charge in [0, 0.05) is 30.1 Å². The zero-order valence-electron chi connectivity index (χ0n) is 23.0. The first kappa shape index (κ1) is 28.0. The van der Waals surface area contributed by atoms with Gasteiger partial charge in [-0.1, -0.05) is 47.0 Å². The van der Waals surface area contributed by atoms with Gasteiger partial charge in [-0.2, -0.15) is 0 Å². The number of carbonyl (C=O) groups is 2. The van der Waals surface area contributed by atoms with E-state index in [1.807, 2.05) is 20.8 Å². The minimum absolute atomic E-state index is 0.00699. The Morgan fingerprint density at radius 1 is 1.23 bits per heavy atom. The van der Waals surface area contributed by atoms with Crippen LogP contribution in [-0.2, 0) is 14.3 Å². The van der Waals surface area contributed by atoms with E-state index in [-0.39, 0.29) is 28.9 Å². The van der Waals surface area contributed by atoms with Gasteiger partial charge in [-0.3, -0.25) is 9.59 Å². The third kappa shape index (κ3) is 7.03. The number of amides is 1. The molecule has 35 heavy (non-hydrogen) atoms. The van der Waals surface area contributed by atoms with Crippen molar-refractivity contribution in [3.8, 4) is 0 Å². The monoisotopic (exact) mass is 502 g/mol. The molecule has 4 unspecified atom stereocenters. The highest BCUT2D eigenvalue weighted by Gasteiger charge is 2.65. The Bertz CT molecular complexity index is 936. The second-order valence-electron chi connectivity index (χ2n) is 11.9.